The molecule has 4 N–H and O–H groups in total. The molecule has 0 saturated carbocycles. The number of nitrogens with zero attached hydrogens (tertiary/aromatic N) is 1. The third-order valence-corrected chi connectivity index (χ3v) is 5.42. The van der Waals surface area contributed by atoms with Crippen LogP contribution in [0.4, 0.5) is 17.1 Å². The summed E-state index contributed by atoms with van der Waals surface area (Å²) < 4.78 is 0. The number of fused-ring (bicyclic) bond motifs is 3. The highest BCUT2D eigenvalue weighted by Gasteiger charge is 2.12. The van der Waals surface area contributed by atoms with Crippen molar-refractivity contribution in [2.24, 2.45) is 0 Å². The maximum Gasteiger partial charge on any atom is 0.257 e. The second-order valence-corrected chi connectivity index (χ2v) is 7.60. The van der Waals surface area contributed by atoms with Crippen LogP contribution in [0, 0.1) is 0 Å². The van der Waals surface area contributed by atoms with Crippen molar-refractivity contribution in [1.29, 1.82) is 0 Å². The van der Waals surface area contributed by atoms with E-state index in [4.69, 9.17) is 0 Å². The van der Waals surface area contributed by atoms with Gasteiger partial charge in [0.2, 0.25) is 0 Å². The molecule has 0 spiro atoms. The number of anilines is 3. The molecule has 2 heterocycles. The summed E-state index contributed by atoms with van der Waals surface area (Å²) in [6, 6.07) is 23.6. The summed E-state index contributed by atoms with van der Waals surface area (Å²) in [5, 5.41) is 17.7. The number of hydrogen-bond donors (Lipinski definition) is 4. The van der Waals surface area contributed by atoms with Gasteiger partial charge in [0, 0.05) is 39.3 Å². The Morgan fingerprint density at radius 2 is 1.67 bits per heavy atom. The third kappa shape index (κ3) is 4.05. The van der Waals surface area contributed by atoms with Gasteiger partial charge in [-0.25, -0.2) is 4.98 Å². The molecule has 0 atom stereocenters. The van der Waals surface area contributed by atoms with Gasteiger partial charge in [0.1, 0.15) is 5.65 Å². The second-order valence-electron chi connectivity index (χ2n) is 7.60. The maximum absolute atomic E-state index is 12.5. The van der Waals surface area contributed by atoms with Crippen molar-refractivity contribution >= 4 is 44.8 Å². The molecule has 0 aliphatic carbocycles. The second kappa shape index (κ2) is 8.57. The molecule has 7 heteroatoms. The average Bonchev–Trinajstić information content (AvgIpc) is 2.85. The van der Waals surface area contributed by atoms with Gasteiger partial charge < -0.3 is 20.7 Å². The summed E-state index contributed by atoms with van der Waals surface area (Å²) >= 11 is 0. The number of nitrogens with one attached hydrogen (secondary N) is 3. The number of aliphatic hydroxyl groups is 1. The molecule has 0 aliphatic heterocycles. The van der Waals surface area contributed by atoms with Gasteiger partial charge in [-0.05, 0) is 54.1 Å². The third-order valence-electron chi connectivity index (χ3n) is 5.42. The average molecular weight is 436 g/mol. The number of amides is 1. The van der Waals surface area contributed by atoms with Crippen LogP contribution in [0.15, 0.2) is 89.9 Å². The number of benzene rings is 3. The SMILES string of the molecule is O=C(Nc1ccc(Nc2ccnc3[nH]c(=O)c4cc(CO)ccc4c23)cc1)c1ccccc1. The molecule has 162 valence electrons. The molecule has 7 nitrogen and oxygen atoms in total. The van der Waals surface area contributed by atoms with E-state index in [-0.39, 0.29) is 18.1 Å². The summed E-state index contributed by atoms with van der Waals surface area (Å²) in [6.07, 6.45) is 1.63. The first kappa shape index (κ1) is 20.4. The minimum atomic E-state index is -0.254. The first-order valence-electron chi connectivity index (χ1n) is 10.4. The number of carbonyl (C=O) groups excluding carboxylic acids is 1. The molecule has 0 saturated heterocycles. The fraction of sp³-hybridized carbons (Fsp3) is 0.0385. The quantitative estimate of drug-likeness (QED) is 0.302. The molecular weight excluding hydrogens is 416 g/mol. The summed E-state index contributed by atoms with van der Waals surface area (Å²) in [5.74, 6) is -0.172. The van der Waals surface area contributed by atoms with Crippen LogP contribution in [-0.4, -0.2) is 21.0 Å². The Bertz CT molecular complexity index is 1530. The molecule has 0 bridgehead atoms. The Morgan fingerprint density at radius 3 is 2.42 bits per heavy atom. The van der Waals surface area contributed by atoms with Gasteiger partial charge in [-0.2, -0.15) is 0 Å². The van der Waals surface area contributed by atoms with Gasteiger partial charge in [0.05, 0.1) is 12.3 Å². The van der Waals surface area contributed by atoms with E-state index in [1.807, 2.05) is 54.6 Å². The van der Waals surface area contributed by atoms with Gasteiger partial charge in [-0.15, -0.1) is 0 Å². The van der Waals surface area contributed by atoms with E-state index in [2.05, 4.69) is 20.6 Å². The molecule has 3 aromatic carbocycles. The van der Waals surface area contributed by atoms with Crippen molar-refractivity contribution < 1.29 is 9.90 Å². The lowest BCUT2D eigenvalue weighted by Gasteiger charge is -2.13. The molecule has 0 unspecified atom stereocenters. The monoisotopic (exact) mass is 436 g/mol. The molecule has 2 aromatic heterocycles. The fourth-order valence-corrected chi connectivity index (χ4v) is 3.79. The van der Waals surface area contributed by atoms with Crippen molar-refractivity contribution in [2.75, 3.05) is 10.6 Å². The van der Waals surface area contributed by atoms with Crippen molar-refractivity contribution in [2.45, 2.75) is 6.61 Å². The van der Waals surface area contributed by atoms with Crippen LogP contribution >= 0.6 is 0 Å². The number of hydrogen-bond acceptors (Lipinski definition) is 5. The highest BCUT2D eigenvalue weighted by molar-refractivity contribution is 6.11. The van der Waals surface area contributed by atoms with Crippen LogP contribution in [-0.2, 0) is 6.61 Å². The number of aromatic amines is 1. The zero-order valence-corrected chi connectivity index (χ0v) is 17.5. The molecule has 33 heavy (non-hydrogen) atoms. The topological polar surface area (TPSA) is 107 Å². The predicted octanol–water partition coefficient (Wildman–Crippen LogP) is 4.56. The highest BCUT2D eigenvalue weighted by Crippen LogP contribution is 2.30. The number of aromatic nitrogens is 2. The van der Waals surface area contributed by atoms with E-state index in [1.54, 1.807) is 30.5 Å². The standard InChI is InChI=1S/C26H20N4O3/c31-15-16-6-11-20-21(14-16)26(33)30-24-23(20)22(12-13-27-24)28-18-7-9-19(10-8-18)29-25(32)17-4-2-1-3-5-17/h1-14,31H,15H2,(H,29,32)(H2,27,28,30,33). The van der Waals surface area contributed by atoms with E-state index in [9.17, 15) is 14.7 Å². The van der Waals surface area contributed by atoms with Crippen molar-refractivity contribution in [1.82, 2.24) is 9.97 Å². The van der Waals surface area contributed by atoms with Crippen molar-refractivity contribution in [3.05, 3.63) is 107 Å². The maximum atomic E-state index is 12.5. The molecule has 5 rings (SSSR count). The van der Waals surface area contributed by atoms with Gasteiger partial charge in [0.25, 0.3) is 11.5 Å². The first-order chi connectivity index (χ1) is 16.1. The lowest BCUT2D eigenvalue weighted by Crippen LogP contribution is -2.11. The van der Waals surface area contributed by atoms with E-state index in [0.29, 0.717) is 27.8 Å². The summed E-state index contributed by atoms with van der Waals surface area (Å²) in [6.45, 7) is -0.140. The Balaban J connectivity index is 1.46. The van der Waals surface area contributed by atoms with Crippen molar-refractivity contribution in [3.8, 4) is 0 Å². The Morgan fingerprint density at radius 1 is 0.909 bits per heavy atom. The van der Waals surface area contributed by atoms with Crippen LogP contribution in [0.25, 0.3) is 21.8 Å². The molecule has 0 aliphatic rings. The van der Waals surface area contributed by atoms with E-state index < -0.39 is 0 Å². The first-order valence-corrected chi connectivity index (χ1v) is 10.4. The van der Waals surface area contributed by atoms with Crippen LogP contribution in [0.5, 0.6) is 0 Å². The Hall–Kier alpha value is -4.49. The summed E-state index contributed by atoms with van der Waals surface area (Å²) in [7, 11) is 0. The lowest BCUT2D eigenvalue weighted by atomic mass is 10.0. The molecule has 5 aromatic rings. The zero-order valence-electron chi connectivity index (χ0n) is 17.5. The van der Waals surface area contributed by atoms with Gasteiger partial charge >= 0.3 is 0 Å². The van der Waals surface area contributed by atoms with Crippen LogP contribution in [0.2, 0.25) is 0 Å². The Kier molecular flexibility index (Phi) is 5.30. The zero-order chi connectivity index (χ0) is 22.8. The predicted molar refractivity (Wildman–Crippen MR) is 130 cm³/mol. The Labute approximate surface area is 188 Å². The van der Waals surface area contributed by atoms with Gasteiger partial charge in [-0.3, -0.25) is 9.59 Å². The molecule has 0 radical (unpaired) electrons. The normalized spacial score (nSPS) is 10.9. The number of rotatable bonds is 5. The number of pyridine rings is 2. The van der Waals surface area contributed by atoms with E-state index in [1.165, 1.54) is 0 Å². The number of carbonyl (C=O) groups is 1. The minimum absolute atomic E-state index is 0.140. The molecule has 0 fully saturated rings. The minimum Gasteiger partial charge on any atom is -0.392 e. The summed E-state index contributed by atoms with van der Waals surface area (Å²) in [5.41, 5.74) is 3.75. The van der Waals surface area contributed by atoms with Gasteiger partial charge in [0.15, 0.2) is 0 Å². The van der Waals surface area contributed by atoms with Crippen LogP contribution < -0.4 is 16.2 Å². The van der Waals surface area contributed by atoms with Crippen LogP contribution in [0.3, 0.4) is 0 Å². The smallest absolute Gasteiger partial charge is 0.257 e. The molecule has 1 amide bonds. The lowest BCUT2D eigenvalue weighted by molar-refractivity contribution is 0.102. The van der Waals surface area contributed by atoms with E-state index in [0.717, 1.165) is 22.1 Å². The largest absolute Gasteiger partial charge is 0.392 e. The molecular formula is C26H20N4O3. The number of H-pyrrole nitrogens is 1. The highest BCUT2D eigenvalue weighted by atomic mass is 16.3. The number of aliphatic hydroxyl groups excluding tert-OH is 1. The van der Waals surface area contributed by atoms with Gasteiger partial charge in [-0.1, -0.05) is 30.3 Å². The summed E-state index contributed by atoms with van der Waals surface area (Å²) in [4.78, 5) is 32.0. The fourth-order valence-electron chi connectivity index (χ4n) is 3.79. The van der Waals surface area contributed by atoms with Crippen molar-refractivity contribution in [3.63, 3.8) is 0 Å². The van der Waals surface area contributed by atoms with Crippen LogP contribution in [0.1, 0.15) is 15.9 Å². The van der Waals surface area contributed by atoms with E-state index >= 15 is 0 Å².